The first kappa shape index (κ1) is 25.7. The molecule has 0 aliphatic carbocycles. The molecule has 198 valence electrons. The molecule has 3 aromatic rings. The van der Waals surface area contributed by atoms with E-state index in [1.807, 2.05) is 0 Å². The molecule has 12 heteroatoms. The standard InChI is InChI=1S/C25H27F4N5O2S/c26-16-4-5-22-21(14-16)31-24(36)34(22)19-8-10-32(11-9-19)18-6-12-33(13-7-18)23(35)30-17-2-1-3-20(15-17)37-25(27,28)29/h1-5,14-15,18-19H,6-13H2,(H,30,35)(H,31,36). The quantitative estimate of drug-likeness (QED) is 0.345. The van der Waals surface area contributed by atoms with Crippen LogP contribution in [0.4, 0.5) is 28.0 Å². The van der Waals surface area contributed by atoms with E-state index in [0.29, 0.717) is 35.9 Å². The molecule has 2 fully saturated rings. The highest BCUT2D eigenvalue weighted by Gasteiger charge is 2.32. The molecule has 2 saturated heterocycles. The molecule has 0 unspecified atom stereocenters. The molecule has 0 spiro atoms. The Morgan fingerprint density at radius 1 is 0.973 bits per heavy atom. The zero-order valence-electron chi connectivity index (χ0n) is 19.9. The van der Waals surface area contributed by atoms with E-state index in [0.717, 1.165) is 38.8 Å². The molecule has 5 rings (SSSR count). The van der Waals surface area contributed by atoms with Crippen LogP contribution < -0.4 is 11.0 Å². The molecular weight excluding hydrogens is 510 g/mol. The van der Waals surface area contributed by atoms with Crippen molar-refractivity contribution < 1.29 is 22.4 Å². The maximum Gasteiger partial charge on any atom is 0.446 e. The van der Waals surface area contributed by atoms with Gasteiger partial charge in [-0.2, -0.15) is 13.2 Å². The summed E-state index contributed by atoms with van der Waals surface area (Å²) in [6.07, 6.45) is 3.21. The second kappa shape index (κ2) is 10.4. The van der Waals surface area contributed by atoms with Gasteiger partial charge in [-0.05, 0) is 73.8 Å². The van der Waals surface area contributed by atoms with Gasteiger partial charge in [-0.3, -0.25) is 4.57 Å². The van der Waals surface area contributed by atoms with Crippen molar-refractivity contribution >= 4 is 34.5 Å². The number of thioether (sulfide) groups is 1. The van der Waals surface area contributed by atoms with Crippen molar-refractivity contribution in [3.8, 4) is 0 Å². The number of H-pyrrole nitrogens is 1. The first-order chi connectivity index (χ1) is 17.7. The summed E-state index contributed by atoms with van der Waals surface area (Å²) < 4.78 is 53.2. The van der Waals surface area contributed by atoms with Crippen LogP contribution in [0.1, 0.15) is 31.7 Å². The van der Waals surface area contributed by atoms with Crippen LogP contribution in [-0.2, 0) is 0 Å². The van der Waals surface area contributed by atoms with Gasteiger partial charge >= 0.3 is 17.2 Å². The van der Waals surface area contributed by atoms with E-state index in [4.69, 9.17) is 0 Å². The van der Waals surface area contributed by atoms with Gasteiger partial charge in [0.25, 0.3) is 0 Å². The van der Waals surface area contributed by atoms with Crippen LogP contribution >= 0.6 is 11.8 Å². The van der Waals surface area contributed by atoms with Crippen molar-refractivity contribution in [3.05, 3.63) is 58.8 Å². The number of imidazole rings is 1. The van der Waals surface area contributed by atoms with E-state index in [1.54, 1.807) is 21.6 Å². The number of fused-ring (bicyclic) bond motifs is 1. The van der Waals surface area contributed by atoms with Crippen LogP contribution in [0.15, 0.2) is 52.2 Å². The average molecular weight is 538 g/mol. The highest BCUT2D eigenvalue weighted by Crippen LogP contribution is 2.37. The van der Waals surface area contributed by atoms with Gasteiger partial charge in [-0.1, -0.05) is 6.07 Å². The van der Waals surface area contributed by atoms with E-state index in [1.165, 1.54) is 30.3 Å². The summed E-state index contributed by atoms with van der Waals surface area (Å²) in [5.41, 5.74) is -3.06. The number of likely N-dealkylation sites (tertiary alicyclic amines) is 2. The van der Waals surface area contributed by atoms with Gasteiger partial charge in [0.05, 0.1) is 11.0 Å². The number of carbonyl (C=O) groups is 1. The second-order valence-corrected chi connectivity index (χ2v) is 10.6. The fourth-order valence-electron chi connectivity index (χ4n) is 5.38. The number of halogens is 4. The number of urea groups is 1. The zero-order chi connectivity index (χ0) is 26.2. The topological polar surface area (TPSA) is 73.4 Å². The largest absolute Gasteiger partial charge is 0.446 e. The van der Waals surface area contributed by atoms with Gasteiger partial charge < -0.3 is 20.1 Å². The molecule has 2 aliphatic rings. The maximum absolute atomic E-state index is 13.5. The minimum atomic E-state index is -4.39. The summed E-state index contributed by atoms with van der Waals surface area (Å²) in [5.74, 6) is -0.385. The smallest absolute Gasteiger partial charge is 0.324 e. The molecule has 2 aliphatic heterocycles. The van der Waals surface area contributed by atoms with E-state index in [-0.39, 0.29) is 40.2 Å². The second-order valence-electron chi connectivity index (χ2n) is 9.45. The molecule has 7 nitrogen and oxygen atoms in total. The molecule has 3 heterocycles. The average Bonchev–Trinajstić information content (AvgIpc) is 3.18. The lowest BCUT2D eigenvalue weighted by Crippen LogP contribution is -2.50. The van der Waals surface area contributed by atoms with Gasteiger partial charge in [0.15, 0.2) is 0 Å². The van der Waals surface area contributed by atoms with Gasteiger partial charge in [0, 0.05) is 48.8 Å². The Kier molecular flexibility index (Phi) is 7.21. The monoisotopic (exact) mass is 537 g/mol. The number of anilines is 1. The number of amides is 2. The predicted octanol–water partition coefficient (Wildman–Crippen LogP) is 5.41. The van der Waals surface area contributed by atoms with Crippen LogP contribution in [-0.4, -0.2) is 63.1 Å². The lowest BCUT2D eigenvalue weighted by atomic mass is 9.97. The van der Waals surface area contributed by atoms with Crippen molar-refractivity contribution in [2.75, 3.05) is 31.5 Å². The minimum absolute atomic E-state index is 0.0227. The van der Waals surface area contributed by atoms with Crippen LogP contribution in [0.3, 0.4) is 0 Å². The number of nitrogens with one attached hydrogen (secondary N) is 2. The summed E-state index contributed by atoms with van der Waals surface area (Å²) in [4.78, 5) is 32.1. The van der Waals surface area contributed by atoms with Crippen LogP contribution in [0.5, 0.6) is 0 Å². The summed E-state index contributed by atoms with van der Waals surface area (Å²) in [5, 5.41) is 2.71. The molecule has 1 aromatic heterocycles. The first-order valence-corrected chi connectivity index (χ1v) is 13.0. The van der Waals surface area contributed by atoms with Gasteiger partial charge in [-0.25, -0.2) is 14.0 Å². The fourth-order valence-corrected chi connectivity index (χ4v) is 5.98. The van der Waals surface area contributed by atoms with Crippen molar-refractivity contribution in [1.82, 2.24) is 19.4 Å². The van der Waals surface area contributed by atoms with E-state index < -0.39 is 5.51 Å². The summed E-state index contributed by atoms with van der Waals surface area (Å²) in [7, 11) is 0. The van der Waals surface area contributed by atoms with Crippen LogP contribution in [0, 0.1) is 5.82 Å². The number of piperidine rings is 2. The number of alkyl halides is 3. The number of hydrogen-bond acceptors (Lipinski definition) is 4. The van der Waals surface area contributed by atoms with E-state index in [2.05, 4.69) is 15.2 Å². The van der Waals surface area contributed by atoms with Crippen LogP contribution in [0.2, 0.25) is 0 Å². The number of benzene rings is 2. The van der Waals surface area contributed by atoms with Crippen molar-refractivity contribution in [2.45, 2.75) is 48.2 Å². The van der Waals surface area contributed by atoms with Crippen LogP contribution in [0.25, 0.3) is 11.0 Å². The zero-order valence-corrected chi connectivity index (χ0v) is 20.7. The van der Waals surface area contributed by atoms with E-state index >= 15 is 0 Å². The van der Waals surface area contributed by atoms with Crippen molar-refractivity contribution in [1.29, 1.82) is 0 Å². The number of nitrogens with zero attached hydrogens (tertiary/aromatic N) is 3. The third-order valence-corrected chi connectivity index (χ3v) is 7.85. The fraction of sp³-hybridized carbons (Fsp3) is 0.440. The molecule has 0 radical (unpaired) electrons. The SMILES string of the molecule is O=C(Nc1cccc(SC(F)(F)F)c1)N1CCC(N2CCC(n3c(=O)[nH]c4cc(F)ccc43)CC2)CC1. The molecule has 2 aromatic carbocycles. The molecule has 37 heavy (non-hydrogen) atoms. The normalized spacial score (nSPS) is 18.4. The summed E-state index contributed by atoms with van der Waals surface area (Å²) in [6, 6.07) is 10.1. The number of aromatic nitrogens is 2. The Hall–Kier alpha value is -2.99. The predicted molar refractivity (Wildman–Crippen MR) is 134 cm³/mol. The number of aromatic amines is 1. The molecule has 2 N–H and O–H groups in total. The summed E-state index contributed by atoms with van der Waals surface area (Å²) >= 11 is -0.212. The number of hydrogen-bond donors (Lipinski definition) is 2. The highest BCUT2D eigenvalue weighted by atomic mass is 32.2. The van der Waals surface area contributed by atoms with Crippen molar-refractivity contribution in [3.63, 3.8) is 0 Å². The Bertz CT molecular complexity index is 1320. The number of carbonyl (C=O) groups excluding carboxylic acids is 1. The van der Waals surface area contributed by atoms with Gasteiger partial charge in [0.2, 0.25) is 0 Å². The first-order valence-electron chi connectivity index (χ1n) is 12.2. The Balaban J connectivity index is 1.12. The molecule has 0 saturated carbocycles. The molecule has 2 amide bonds. The molecule has 0 atom stereocenters. The Morgan fingerprint density at radius 2 is 1.68 bits per heavy atom. The lowest BCUT2D eigenvalue weighted by molar-refractivity contribution is -0.0328. The molecule has 0 bridgehead atoms. The highest BCUT2D eigenvalue weighted by molar-refractivity contribution is 8.00. The van der Waals surface area contributed by atoms with Crippen molar-refractivity contribution in [2.24, 2.45) is 0 Å². The van der Waals surface area contributed by atoms with Gasteiger partial charge in [-0.15, -0.1) is 0 Å². The number of rotatable bonds is 4. The minimum Gasteiger partial charge on any atom is -0.324 e. The Morgan fingerprint density at radius 3 is 2.38 bits per heavy atom. The summed E-state index contributed by atoms with van der Waals surface area (Å²) in [6.45, 7) is 2.76. The Labute approximate surface area is 214 Å². The van der Waals surface area contributed by atoms with E-state index in [9.17, 15) is 27.2 Å². The maximum atomic E-state index is 13.5. The lowest BCUT2D eigenvalue weighted by Gasteiger charge is -2.41. The third-order valence-electron chi connectivity index (χ3n) is 7.13. The van der Waals surface area contributed by atoms with Gasteiger partial charge in [0.1, 0.15) is 5.82 Å². The molecular formula is C25H27F4N5O2S. The third kappa shape index (κ3) is 5.96.